The quantitative estimate of drug-likeness (QED) is 0.818. The highest BCUT2D eigenvalue weighted by atomic mass is 35.5. The van der Waals surface area contributed by atoms with Crippen LogP contribution in [0.3, 0.4) is 0 Å². The van der Waals surface area contributed by atoms with Crippen molar-refractivity contribution in [2.24, 2.45) is 11.3 Å². The Bertz CT molecular complexity index is 548. The minimum atomic E-state index is -1.04. The maximum Gasteiger partial charge on any atom is 0.314 e. The van der Waals surface area contributed by atoms with Gasteiger partial charge in [-0.15, -0.1) is 0 Å². The third-order valence-corrected chi connectivity index (χ3v) is 4.12. The van der Waals surface area contributed by atoms with Crippen molar-refractivity contribution < 1.29 is 14.7 Å². The van der Waals surface area contributed by atoms with Gasteiger partial charge in [-0.3, -0.25) is 9.59 Å². The number of hydrogen-bond acceptors (Lipinski definition) is 4. The number of rotatable bonds is 2. The number of nitrogens with one attached hydrogen (secondary N) is 1. The summed E-state index contributed by atoms with van der Waals surface area (Å²) in [4.78, 5) is 29.3. The predicted octanol–water partition coefficient (Wildman–Crippen LogP) is 0.372. The lowest BCUT2D eigenvalue weighted by molar-refractivity contribution is -0.149. The van der Waals surface area contributed by atoms with Crippen LogP contribution in [0.5, 0.6) is 0 Å². The Kier molecular flexibility index (Phi) is 2.63. The van der Waals surface area contributed by atoms with Gasteiger partial charge in [0.1, 0.15) is 11.2 Å². The molecule has 2 atom stereocenters. The Morgan fingerprint density at radius 2 is 2.37 bits per heavy atom. The average Bonchev–Trinajstić information content (AvgIpc) is 2.90. The van der Waals surface area contributed by atoms with Crippen LogP contribution in [-0.2, 0) is 9.59 Å². The molecule has 2 fully saturated rings. The first-order valence-electron chi connectivity index (χ1n) is 5.90. The fourth-order valence-corrected chi connectivity index (χ4v) is 2.93. The van der Waals surface area contributed by atoms with Gasteiger partial charge in [-0.2, -0.15) is 0 Å². The molecule has 0 spiro atoms. The topological polar surface area (TPSA) is 82.5 Å². The summed E-state index contributed by atoms with van der Waals surface area (Å²) in [7, 11) is 0. The third kappa shape index (κ3) is 1.74. The summed E-state index contributed by atoms with van der Waals surface area (Å²) in [5.41, 5.74) is -1.04. The summed E-state index contributed by atoms with van der Waals surface area (Å²) in [6, 6.07) is 3.43. The summed E-state index contributed by atoms with van der Waals surface area (Å²) in [5.74, 6) is -1.01. The Labute approximate surface area is 114 Å². The van der Waals surface area contributed by atoms with Gasteiger partial charge in [0.25, 0.3) is 0 Å². The molecular weight excluding hydrogens is 270 g/mol. The molecule has 0 aromatic carbocycles. The molecule has 3 heterocycles. The maximum atomic E-state index is 11.8. The van der Waals surface area contributed by atoms with Gasteiger partial charge in [0, 0.05) is 25.8 Å². The molecule has 2 aliphatic heterocycles. The molecule has 0 aliphatic carbocycles. The van der Waals surface area contributed by atoms with Gasteiger partial charge in [-0.05, 0) is 12.1 Å². The third-order valence-electron chi connectivity index (χ3n) is 3.90. The molecule has 2 saturated heterocycles. The van der Waals surface area contributed by atoms with Crippen molar-refractivity contribution in [3.8, 4) is 0 Å². The number of pyridine rings is 1. The monoisotopic (exact) mass is 281 g/mol. The second-order valence-electron chi connectivity index (χ2n) is 4.95. The molecule has 0 bridgehead atoms. The van der Waals surface area contributed by atoms with Crippen LogP contribution in [0.4, 0.5) is 5.82 Å². The summed E-state index contributed by atoms with van der Waals surface area (Å²) in [5, 5.41) is 12.6. The first kappa shape index (κ1) is 12.2. The van der Waals surface area contributed by atoms with E-state index in [9.17, 15) is 14.7 Å². The van der Waals surface area contributed by atoms with Crippen LogP contribution in [0.1, 0.15) is 0 Å². The van der Waals surface area contributed by atoms with Crippen molar-refractivity contribution in [2.45, 2.75) is 0 Å². The number of halogens is 1. The van der Waals surface area contributed by atoms with E-state index in [0.29, 0.717) is 17.4 Å². The molecule has 0 unspecified atom stereocenters. The largest absolute Gasteiger partial charge is 0.481 e. The van der Waals surface area contributed by atoms with Gasteiger partial charge in [-0.1, -0.05) is 11.6 Å². The highest BCUT2D eigenvalue weighted by Crippen LogP contribution is 2.41. The van der Waals surface area contributed by atoms with E-state index >= 15 is 0 Å². The van der Waals surface area contributed by atoms with Crippen LogP contribution in [-0.4, -0.2) is 41.6 Å². The van der Waals surface area contributed by atoms with Crippen LogP contribution >= 0.6 is 11.6 Å². The number of anilines is 1. The van der Waals surface area contributed by atoms with Gasteiger partial charge in [0.05, 0.1) is 10.9 Å². The molecule has 7 heteroatoms. The SMILES string of the molecule is O=C1NC[C@@]2(C(=O)O)CN(c3ccc(Cl)cn3)C[C@@H]12. The van der Waals surface area contributed by atoms with Crippen LogP contribution in [0, 0.1) is 11.3 Å². The van der Waals surface area contributed by atoms with Crippen molar-refractivity contribution in [3.63, 3.8) is 0 Å². The molecular formula is C12H12ClN3O3. The second kappa shape index (κ2) is 4.09. The van der Waals surface area contributed by atoms with Crippen molar-refractivity contribution >= 4 is 29.3 Å². The number of carbonyl (C=O) groups is 2. The number of fused-ring (bicyclic) bond motifs is 1. The fourth-order valence-electron chi connectivity index (χ4n) is 2.81. The molecule has 1 aromatic heterocycles. The van der Waals surface area contributed by atoms with E-state index < -0.39 is 17.3 Å². The highest BCUT2D eigenvalue weighted by Gasteiger charge is 2.59. The Morgan fingerprint density at radius 1 is 1.58 bits per heavy atom. The van der Waals surface area contributed by atoms with E-state index in [1.54, 1.807) is 12.1 Å². The zero-order valence-electron chi connectivity index (χ0n) is 9.97. The smallest absolute Gasteiger partial charge is 0.314 e. The van der Waals surface area contributed by atoms with Crippen molar-refractivity contribution in [1.82, 2.24) is 10.3 Å². The number of amides is 1. The molecule has 19 heavy (non-hydrogen) atoms. The summed E-state index contributed by atoms with van der Waals surface area (Å²) in [6.07, 6.45) is 1.51. The number of carbonyl (C=O) groups excluding carboxylic acids is 1. The molecule has 2 aliphatic rings. The lowest BCUT2D eigenvalue weighted by Gasteiger charge is -2.22. The predicted molar refractivity (Wildman–Crippen MR) is 68.0 cm³/mol. The average molecular weight is 282 g/mol. The standard InChI is InChI=1S/C12H12ClN3O3/c13-7-1-2-9(14-3-7)16-4-8-10(17)15-5-12(8,6-16)11(18)19/h1-3,8H,4-6H2,(H,15,17)(H,18,19)/t8-,12+/m0/s1. The van der Waals surface area contributed by atoms with E-state index in [-0.39, 0.29) is 19.0 Å². The van der Waals surface area contributed by atoms with E-state index in [1.807, 2.05) is 4.90 Å². The van der Waals surface area contributed by atoms with Crippen molar-refractivity contribution in [1.29, 1.82) is 0 Å². The molecule has 100 valence electrons. The zero-order valence-corrected chi connectivity index (χ0v) is 10.7. The Balaban J connectivity index is 1.91. The Hall–Kier alpha value is -1.82. The van der Waals surface area contributed by atoms with E-state index in [0.717, 1.165) is 0 Å². The molecule has 2 N–H and O–H groups in total. The summed E-state index contributed by atoms with van der Waals surface area (Å²) in [6.45, 7) is 0.822. The minimum Gasteiger partial charge on any atom is -0.481 e. The van der Waals surface area contributed by atoms with E-state index in [4.69, 9.17) is 11.6 Å². The summed E-state index contributed by atoms with van der Waals surface area (Å²) >= 11 is 5.78. The first-order chi connectivity index (χ1) is 9.03. The second-order valence-corrected chi connectivity index (χ2v) is 5.38. The van der Waals surface area contributed by atoms with Crippen LogP contribution in [0.25, 0.3) is 0 Å². The maximum absolute atomic E-state index is 11.8. The zero-order chi connectivity index (χ0) is 13.6. The molecule has 6 nitrogen and oxygen atoms in total. The van der Waals surface area contributed by atoms with E-state index in [2.05, 4.69) is 10.3 Å². The Morgan fingerprint density at radius 3 is 2.95 bits per heavy atom. The number of aliphatic carboxylic acids is 1. The van der Waals surface area contributed by atoms with Crippen LogP contribution < -0.4 is 10.2 Å². The van der Waals surface area contributed by atoms with Crippen LogP contribution in [0.2, 0.25) is 5.02 Å². The van der Waals surface area contributed by atoms with Gasteiger partial charge in [-0.25, -0.2) is 4.98 Å². The molecule has 1 amide bonds. The van der Waals surface area contributed by atoms with Gasteiger partial charge in [0.2, 0.25) is 5.91 Å². The van der Waals surface area contributed by atoms with Crippen molar-refractivity contribution in [2.75, 3.05) is 24.5 Å². The van der Waals surface area contributed by atoms with Crippen LogP contribution in [0.15, 0.2) is 18.3 Å². The number of carboxylic acid groups (broad SMARTS) is 1. The molecule has 3 rings (SSSR count). The van der Waals surface area contributed by atoms with Gasteiger partial charge in [0.15, 0.2) is 0 Å². The van der Waals surface area contributed by atoms with Gasteiger partial charge >= 0.3 is 5.97 Å². The lowest BCUT2D eigenvalue weighted by Crippen LogP contribution is -2.40. The molecule has 0 saturated carbocycles. The summed E-state index contributed by atoms with van der Waals surface area (Å²) < 4.78 is 0. The fraction of sp³-hybridized carbons (Fsp3) is 0.417. The first-order valence-corrected chi connectivity index (χ1v) is 6.28. The van der Waals surface area contributed by atoms with Gasteiger partial charge < -0.3 is 15.3 Å². The number of aromatic nitrogens is 1. The number of hydrogen-bond donors (Lipinski definition) is 2. The minimum absolute atomic E-state index is 0.177. The number of carboxylic acids is 1. The van der Waals surface area contributed by atoms with E-state index in [1.165, 1.54) is 6.20 Å². The highest BCUT2D eigenvalue weighted by molar-refractivity contribution is 6.30. The molecule has 0 radical (unpaired) electrons. The lowest BCUT2D eigenvalue weighted by atomic mass is 9.81. The normalized spacial score (nSPS) is 29.2. The number of nitrogens with zero attached hydrogens (tertiary/aromatic N) is 2. The molecule has 1 aromatic rings. The van der Waals surface area contributed by atoms with Crippen molar-refractivity contribution in [3.05, 3.63) is 23.4 Å².